The van der Waals surface area contributed by atoms with Gasteiger partial charge in [-0.15, -0.1) is 0 Å². The summed E-state index contributed by atoms with van der Waals surface area (Å²) in [4.78, 5) is 8.48. The maximum Gasteiger partial charge on any atom is 0.238 e. The normalized spacial score (nSPS) is 11.3. The third-order valence-electron chi connectivity index (χ3n) is 2.66. The number of hydrogen-bond donors (Lipinski definition) is 2. The molecule has 3 N–H and O–H groups in total. The van der Waals surface area contributed by atoms with Crippen LogP contribution in [0.3, 0.4) is 0 Å². The van der Waals surface area contributed by atoms with Crippen molar-refractivity contribution in [3.05, 3.63) is 41.7 Å². The highest BCUT2D eigenvalue weighted by molar-refractivity contribution is 7.89. The van der Waals surface area contributed by atoms with Crippen LogP contribution >= 0.6 is 0 Å². The van der Waals surface area contributed by atoms with E-state index in [0.717, 1.165) is 11.3 Å². The van der Waals surface area contributed by atoms with Crippen LogP contribution < -0.4 is 10.5 Å². The van der Waals surface area contributed by atoms with Gasteiger partial charge in [0.15, 0.2) is 0 Å². The molecule has 1 aromatic heterocycles. The zero-order chi connectivity index (χ0) is 14.0. The number of primary sulfonamides is 1. The van der Waals surface area contributed by atoms with Crippen LogP contribution in [0, 0.1) is 13.8 Å². The third kappa shape index (κ3) is 3.27. The number of aromatic nitrogens is 2. The average molecular weight is 278 g/mol. The molecule has 2 aromatic rings. The summed E-state index contributed by atoms with van der Waals surface area (Å²) in [5.41, 5.74) is 2.59. The van der Waals surface area contributed by atoms with Crippen molar-refractivity contribution in [3.63, 3.8) is 0 Å². The van der Waals surface area contributed by atoms with Crippen LogP contribution in [0.15, 0.2) is 35.4 Å². The number of benzene rings is 1. The van der Waals surface area contributed by atoms with Crippen molar-refractivity contribution in [3.8, 4) is 0 Å². The molecule has 0 amide bonds. The number of nitrogens with one attached hydrogen (secondary N) is 1. The second kappa shape index (κ2) is 4.94. The number of anilines is 2. The topological polar surface area (TPSA) is 98.0 Å². The van der Waals surface area contributed by atoms with Crippen LogP contribution in [0.4, 0.5) is 11.6 Å². The maximum absolute atomic E-state index is 11.1. The molecular weight excluding hydrogens is 264 g/mol. The van der Waals surface area contributed by atoms with Crippen molar-refractivity contribution in [2.75, 3.05) is 5.32 Å². The van der Waals surface area contributed by atoms with Gasteiger partial charge < -0.3 is 5.32 Å². The predicted molar refractivity (Wildman–Crippen MR) is 72.6 cm³/mol. The summed E-state index contributed by atoms with van der Waals surface area (Å²) in [5, 5.41) is 8.02. The molecule has 0 spiro atoms. The van der Waals surface area contributed by atoms with Crippen LogP contribution in [0.2, 0.25) is 0 Å². The quantitative estimate of drug-likeness (QED) is 0.886. The molecule has 1 heterocycles. The zero-order valence-corrected chi connectivity index (χ0v) is 11.4. The Labute approximate surface area is 111 Å². The van der Waals surface area contributed by atoms with E-state index < -0.39 is 10.0 Å². The zero-order valence-electron chi connectivity index (χ0n) is 10.6. The van der Waals surface area contributed by atoms with E-state index in [0.29, 0.717) is 11.6 Å². The minimum atomic E-state index is -3.66. The van der Waals surface area contributed by atoms with Crippen molar-refractivity contribution in [1.29, 1.82) is 0 Å². The first-order valence-electron chi connectivity index (χ1n) is 5.56. The van der Waals surface area contributed by atoms with E-state index >= 15 is 0 Å². The summed E-state index contributed by atoms with van der Waals surface area (Å²) >= 11 is 0. The molecule has 0 fully saturated rings. The van der Waals surface area contributed by atoms with Crippen molar-refractivity contribution in [2.24, 2.45) is 5.14 Å². The molecule has 100 valence electrons. The molecule has 0 aliphatic rings. The molecule has 0 saturated heterocycles. The van der Waals surface area contributed by atoms with E-state index in [1.165, 1.54) is 12.1 Å². The molecular formula is C12H14N4O2S. The highest BCUT2D eigenvalue weighted by atomic mass is 32.2. The fourth-order valence-corrected chi connectivity index (χ4v) is 1.96. The Morgan fingerprint density at radius 3 is 2.32 bits per heavy atom. The summed E-state index contributed by atoms with van der Waals surface area (Å²) in [6.07, 6.45) is 1.73. The molecule has 19 heavy (non-hydrogen) atoms. The molecule has 0 bridgehead atoms. The Balaban J connectivity index is 2.22. The van der Waals surface area contributed by atoms with Gasteiger partial charge >= 0.3 is 0 Å². The van der Waals surface area contributed by atoms with E-state index in [1.54, 1.807) is 18.3 Å². The van der Waals surface area contributed by atoms with Gasteiger partial charge in [0.25, 0.3) is 0 Å². The van der Waals surface area contributed by atoms with Gasteiger partial charge in [0.2, 0.25) is 16.0 Å². The van der Waals surface area contributed by atoms with Gasteiger partial charge in [0, 0.05) is 17.6 Å². The molecule has 0 aliphatic heterocycles. The van der Waals surface area contributed by atoms with Crippen molar-refractivity contribution in [1.82, 2.24) is 9.97 Å². The fraction of sp³-hybridized carbons (Fsp3) is 0.167. The lowest BCUT2D eigenvalue weighted by molar-refractivity contribution is 0.598. The van der Waals surface area contributed by atoms with Gasteiger partial charge in [-0.3, -0.25) is 0 Å². The molecule has 1 aromatic carbocycles. The second-order valence-electron chi connectivity index (χ2n) is 4.16. The van der Waals surface area contributed by atoms with Crippen molar-refractivity contribution >= 4 is 21.7 Å². The van der Waals surface area contributed by atoms with Gasteiger partial charge in [-0.25, -0.2) is 23.5 Å². The number of nitrogens with zero attached hydrogens (tertiary/aromatic N) is 2. The van der Waals surface area contributed by atoms with E-state index in [-0.39, 0.29) is 4.90 Å². The van der Waals surface area contributed by atoms with Crippen LogP contribution in [0.1, 0.15) is 11.3 Å². The maximum atomic E-state index is 11.1. The summed E-state index contributed by atoms with van der Waals surface area (Å²) in [7, 11) is -3.66. The summed E-state index contributed by atoms with van der Waals surface area (Å²) in [6.45, 7) is 3.83. The van der Waals surface area contributed by atoms with E-state index in [4.69, 9.17) is 5.14 Å². The number of sulfonamides is 1. The fourth-order valence-electron chi connectivity index (χ4n) is 1.44. The molecule has 6 nitrogen and oxygen atoms in total. The first-order valence-corrected chi connectivity index (χ1v) is 7.11. The van der Waals surface area contributed by atoms with E-state index in [2.05, 4.69) is 15.3 Å². The molecule has 7 heteroatoms. The van der Waals surface area contributed by atoms with Gasteiger partial charge in [-0.1, -0.05) is 0 Å². The first kappa shape index (κ1) is 13.4. The number of aryl methyl sites for hydroxylation is 2. The van der Waals surface area contributed by atoms with Crippen LogP contribution in [-0.2, 0) is 10.0 Å². The molecule has 0 atom stereocenters. The molecule has 0 saturated carbocycles. The van der Waals surface area contributed by atoms with Crippen LogP contribution in [0.25, 0.3) is 0 Å². The first-order chi connectivity index (χ1) is 8.86. The minimum absolute atomic E-state index is 0.0686. The smallest absolute Gasteiger partial charge is 0.238 e. The number of rotatable bonds is 3. The Morgan fingerprint density at radius 1 is 1.16 bits per heavy atom. The molecule has 2 rings (SSSR count). The second-order valence-corrected chi connectivity index (χ2v) is 5.72. The predicted octanol–water partition coefficient (Wildman–Crippen LogP) is 1.48. The lowest BCUT2D eigenvalue weighted by Gasteiger charge is -2.07. The third-order valence-corrected chi connectivity index (χ3v) is 3.59. The highest BCUT2D eigenvalue weighted by Crippen LogP contribution is 2.16. The van der Waals surface area contributed by atoms with E-state index in [1.807, 2.05) is 13.8 Å². The SMILES string of the molecule is Cc1cnc(Nc2ccc(S(N)(=O)=O)cc2)nc1C. The Kier molecular flexibility index (Phi) is 3.50. The lowest BCUT2D eigenvalue weighted by atomic mass is 10.3. The minimum Gasteiger partial charge on any atom is -0.324 e. The number of nitrogens with two attached hydrogens (primary N) is 1. The summed E-state index contributed by atoms with van der Waals surface area (Å²) in [6, 6.07) is 6.08. The Morgan fingerprint density at radius 2 is 1.79 bits per heavy atom. The number of hydrogen-bond acceptors (Lipinski definition) is 5. The Bertz CT molecular complexity index is 696. The average Bonchev–Trinajstić information content (AvgIpc) is 2.33. The van der Waals surface area contributed by atoms with Gasteiger partial charge in [-0.05, 0) is 43.7 Å². The van der Waals surface area contributed by atoms with Crippen molar-refractivity contribution < 1.29 is 8.42 Å². The monoisotopic (exact) mass is 278 g/mol. The van der Waals surface area contributed by atoms with Gasteiger partial charge in [0.05, 0.1) is 4.90 Å². The van der Waals surface area contributed by atoms with Crippen LogP contribution in [0.5, 0.6) is 0 Å². The summed E-state index contributed by atoms with van der Waals surface area (Å²) in [5.74, 6) is 0.464. The van der Waals surface area contributed by atoms with E-state index in [9.17, 15) is 8.42 Å². The molecule has 0 radical (unpaired) electrons. The largest absolute Gasteiger partial charge is 0.324 e. The molecule has 0 aliphatic carbocycles. The molecule has 0 unspecified atom stereocenters. The standard InChI is InChI=1S/C12H14N4O2S/c1-8-7-14-12(15-9(8)2)16-10-3-5-11(6-4-10)19(13,17)18/h3-7H,1-2H3,(H2,13,17,18)(H,14,15,16). The van der Waals surface area contributed by atoms with Crippen LogP contribution in [-0.4, -0.2) is 18.4 Å². The van der Waals surface area contributed by atoms with Gasteiger partial charge in [0.1, 0.15) is 0 Å². The summed E-state index contributed by atoms with van der Waals surface area (Å²) < 4.78 is 22.2. The lowest BCUT2D eigenvalue weighted by Crippen LogP contribution is -2.11. The highest BCUT2D eigenvalue weighted by Gasteiger charge is 2.07. The van der Waals surface area contributed by atoms with Gasteiger partial charge in [-0.2, -0.15) is 0 Å². The Hall–Kier alpha value is -1.99. The van der Waals surface area contributed by atoms with Crippen molar-refractivity contribution in [2.45, 2.75) is 18.7 Å².